The minimum Gasteiger partial charge on any atom is -0.494 e. The van der Waals surface area contributed by atoms with Crippen molar-refractivity contribution in [2.24, 2.45) is 11.7 Å². The number of aromatic hydroxyl groups is 1. The van der Waals surface area contributed by atoms with Crippen LogP contribution in [0, 0.1) is 11.3 Å². The van der Waals surface area contributed by atoms with Crippen molar-refractivity contribution in [3.8, 4) is 5.88 Å². The van der Waals surface area contributed by atoms with Crippen molar-refractivity contribution in [1.82, 2.24) is 18.9 Å². The van der Waals surface area contributed by atoms with Gasteiger partial charge in [-0.1, -0.05) is 13.3 Å². The van der Waals surface area contributed by atoms with Gasteiger partial charge < -0.3 is 20.6 Å². The van der Waals surface area contributed by atoms with Gasteiger partial charge in [0.1, 0.15) is 11.4 Å². The van der Waals surface area contributed by atoms with Gasteiger partial charge in [-0.3, -0.25) is 19.3 Å². The van der Waals surface area contributed by atoms with Gasteiger partial charge in [-0.05, 0) is 51.4 Å². The number of amidine groups is 1. The molecule has 0 spiro atoms. The average Bonchev–Trinajstić information content (AvgIpc) is 2.91. The van der Waals surface area contributed by atoms with E-state index in [9.17, 15) is 19.5 Å². The molecule has 32 heavy (non-hydrogen) atoms. The Hall–Kier alpha value is -2.78. The average molecular weight is 449 g/mol. The van der Waals surface area contributed by atoms with Gasteiger partial charge in [-0.25, -0.2) is 9.59 Å². The zero-order valence-electron chi connectivity index (χ0n) is 19.6. The summed E-state index contributed by atoms with van der Waals surface area (Å²) in [6, 6.07) is -0.266. The van der Waals surface area contributed by atoms with Crippen molar-refractivity contribution in [3.05, 3.63) is 26.4 Å². The molecule has 2 amide bonds. The highest BCUT2D eigenvalue weighted by atomic mass is 16.3. The Morgan fingerprint density at radius 2 is 1.81 bits per heavy atom. The Labute approximate surface area is 188 Å². The van der Waals surface area contributed by atoms with Crippen LogP contribution in [-0.4, -0.2) is 62.1 Å². The molecular weight excluding hydrogens is 412 g/mol. The highest BCUT2D eigenvalue weighted by Crippen LogP contribution is 2.39. The molecular formula is C22H36N6O4. The smallest absolute Gasteiger partial charge is 0.334 e. The molecule has 0 unspecified atom stereocenters. The third-order valence-electron chi connectivity index (χ3n) is 7.26. The van der Waals surface area contributed by atoms with Gasteiger partial charge in [-0.15, -0.1) is 0 Å². The maximum Gasteiger partial charge on any atom is 0.334 e. The zero-order valence-corrected chi connectivity index (χ0v) is 19.6. The summed E-state index contributed by atoms with van der Waals surface area (Å²) >= 11 is 0. The first kappa shape index (κ1) is 23.9. The molecule has 1 saturated heterocycles. The van der Waals surface area contributed by atoms with E-state index < -0.39 is 23.0 Å². The first-order chi connectivity index (χ1) is 15.0. The van der Waals surface area contributed by atoms with Crippen LogP contribution in [0.15, 0.2) is 9.59 Å². The van der Waals surface area contributed by atoms with Crippen molar-refractivity contribution in [2.75, 3.05) is 20.6 Å². The number of nitrogen functional groups attached to an aromatic ring is 1. The number of hydrogen-bond donors (Lipinski definition) is 3. The molecule has 2 fully saturated rings. The summed E-state index contributed by atoms with van der Waals surface area (Å²) in [6.45, 7) is 5.03. The van der Waals surface area contributed by atoms with Crippen LogP contribution in [0.1, 0.15) is 70.4 Å². The third kappa shape index (κ3) is 4.14. The lowest BCUT2D eigenvalue weighted by Crippen LogP contribution is -2.47. The lowest BCUT2D eigenvalue weighted by molar-refractivity contribution is 0.145. The van der Waals surface area contributed by atoms with E-state index in [4.69, 9.17) is 11.1 Å². The van der Waals surface area contributed by atoms with Crippen LogP contribution in [0.25, 0.3) is 0 Å². The van der Waals surface area contributed by atoms with E-state index in [1.165, 1.54) is 9.13 Å². The molecule has 0 aromatic carbocycles. The number of rotatable bonds is 7. The first-order valence-corrected chi connectivity index (χ1v) is 11.4. The summed E-state index contributed by atoms with van der Waals surface area (Å²) < 4.78 is 2.37. The van der Waals surface area contributed by atoms with Crippen LogP contribution in [0.3, 0.4) is 0 Å². The Morgan fingerprint density at radius 3 is 2.31 bits per heavy atom. The van der Waals surface area contributed by atoms with Crippen LogP contribution in [-0.2, 0) is 6.54 Å². The lowest BCUT2D eigenvalue weighted by Gasteiger charge is -2.37. The molecule has 4 N–H and O–H groups in total. The summed E-state index contributed by atoms with van der Waals surface area (Å²) in [5.74, 6) is -0.663. The fourth-order valence-electron chi connectivity index (χ4n) is 5.34. The van der Waals surface area contributed by atoms with E-state index in [1.807, 2.05) is 25.9 Å². The van der Waals surface area contributed by atoms with Gasteiger partial charge in [0.05, 0.1) is 5.54 Å². The number of unbranched alkanes of at least 4 members (excludes halogenated alkanes) is 1. The summed E-state index contributed by atoms with van der Waals surface area (Å²) in [5.41, 5.74) is 3.83. The Bertz CT molecular complexity index is 1010. The molecule has 10 nitrogen and oxygen atoms in total. The fraction of sp³-hybridized carbons (Fsp3) is 0.727. The lowest BCUT2D eigenvalue weighted by atomic mass is 9.78. The Kier molecular flexibility index (Phi) is 6.71. The second-order valence-corrected chi connectivity index (χ2v) is 9.65. The second-order valence-electron chi connectivity index (χ2n) is 9.65. The SMILES string of the molecule is CCCCn1c(O)c(C(=N)N)c(=O)n(C2CCC(C[C@@]3(C)CN(C)C(=O)N3C)CC2)c1=O. The molecule has 1 aromatic heterocycles. The Balaban J connectivity index is 1.83. The van der Waals surface area contributed by atoms with E-state index in [-0.39, 0.29) is 29.7 Å². The normalized spacial score (nSPS) is 26.1. The predicted octanol–water partition coefficient (Wildman–Crippen LogP) is 1.68. The Morgan fingerprint density at radius 1 is 1.19 bits per heavy atom. The molecule has 1 saturated carbocycles. The summed E-state index contributed by atoms with van der Waals surface area (Å²) in [7, 11) is 3.66. The molecule has 178 valence electrons. The molecule has 10 heteroatoms. The molecule has 2 heterocycles. The highest BCUT2D eigenvalue weighted by molar-refractivity contribution is 5.96. The minimum atomic E-state index is -0.689. The minimum absolute atomic E-state index is 0.0289. The molecule has 1 atom stereocenters. The number of nitrogens with zero attached hydrogens (tertiary/aromatic N) is 4. The van der Waals surface area contributed by atoms with Crippen LogP contribution in [0.2, 0.25) is 0 Å². The highest BCUT2D eigenvalue weighted by Gasteiger charge is 2.44. The van der Waals surface area contributed by atoms with Gasteiger partial charge >= 0.3 is 11.7 Å². The number of aromatic nitrogens is 2. The second kappa shape index (κ2) is 8.99. The number of urea groups is 1. The number of likely N-dealkylation sites (N-methyl/N-ethyl adjacent to an activating group) is 2. The van der Waals surface area contributed by atoms with E-state index >= 15 is 0 Å². The van der Waals surface area contributed by atoms with E-state index in [0.717, 1.165) is 25.7 Å². The summed E-state index contributed by atoms with van der Waals surface area (Å²) in [4.78, 5) is 41.9. The molecule has 1 aliphatic carbocycles. The predicted molar refractivity (Wildman–Crippen MR) is 122 cm³/mol. The largest absolute Gasteiger partial charge is 0.494 e. The number of nitrogens with two attached hydrogens (primary N) is 1. The third-order valence-corrected chi connectivity index (χ3v) is 7.26. The molecule has 0 radical (unpaired) electrons. The number of carbonyl (C=O) groups is 1. The van der Waals surface area contributed by atoms with Crippen LogP contribution < -0.4 is 17.0 Å². The fourth-order valence-corrected chi connectivity index (χ4v) is 5.34. The van der Waals surface area contributed by atoms with Crippen molar-refractivity contribution >= 4 is 11.9 Å². The molecule has 0 bridgehead atoms. The maximum atomic E-state index is 13.1. The summed E-state index contributed by atoms with van der Waals surface area (Å²) in [5, 5.41) is 18.2. The van der Waals surface area contributed by atoms with Crippen LogP contribution in [0.5, 0.6) is 5.88 Å². The van der Waals surface area contributed by atoms with Crippen molar-refractivity contribution in [3.63, 3.8) is 0 Å². The zero-order chi connectivity index (χ0) is 23.8. The maximum absolute atomic E-state index is 13.1. The number of nitrogens with one attached hydrogen (secondary N) is 1. The monoisotopic (exact) mass is 448 g/mol. The van der Waals surface area contributed by atoms with E-state index in [1.54, 1.807) is 4.90 Å². The quantitative estimate of drug-likeness (QED) is 0.430. The molecule has 2 aliphatic rings. The number of amides is 2. The van der Waals surface area contributed by atoms with Gasteiger partial charge in [0.25, 0.3) is 5.56 Å². The van der Waals surface area contributed by atoms with E-state index in [2.05, 4.69) is 6.92 Å². The van der Waals surface area contributed by atoms with E-state index in [0.29, 0.717) is 31.7 Å². The first-order valence-electron chi connectivity index (χ1n) is 11.4. The van der Waals surface area contributed by atoms with Crippen molar-refractivity contribution in [1.29, 1.82) is 5.41 Å². The van der Waals surface area contributed by atoms with Crippen molar-refractivity contribution in [2.45, 2.75) is 76.9 Å². The summed E-state index contributed by atoms with van der Waals surface area (Å²) in [6.07, 6.45) is 5.33. The molecule has 3 rings (SSSR count). The van der Waals surface area contributed by atoms with Gasteiger partial charge in [0.2, 0.25) is 5.88 Å². The number of carbonyl (C=O) groups excluding carboxylic acids is 1. The standard InChI is InChI=1S/C22H36N6O4/c1-5-6-11-27-18(29)16(17(23)24)19(30)28(21(27)32)15-9-7-14(8-10-15)12-22(2)13-25(3)20(31)26(22)4/h14-15,29H,5-13H2,1-4H3,(H3,23,24)/t14?,15?,22-/m0/s1. The van der Waals surface area contributed by atoms with Gasteiger partial charge in [0.15, 0.2) is 0 Å². The van der Waals surface area contributed by atoms with Crippen LogP contribution in [0.4, 0.5) is 4.79 Å². The topological polar surface area (TPSA) is 138 Å². The van der Waals surface area contributed by atoms with Gasteiger partial charge in [0, 0.05) is 33.2 Å². The number of hydrogen-bond acceptors (Lipinski definition) is 5. The molecule has 1 aromatic rings. The van der Waals surface area contributed by atoms with Crippen LogP contribution >= 0.6 is 0 Å². The molecule has 1 aliphatic heterocycles. The van der Waals surface area contributed by atoms with Gasteiger partial charge in [-0.2, -0.15) is 0 Å². The van der Waals surface area contributed by atoms with Crippen molar-refractivity contribution < 1.29 is 9.90 Å².